The molecule has 0 saturated carbocycles. The minimum atomic E-state index is 0.180. The Kier molecular flexibility index (Phi) is 6.40. The molecule has 0 amide bonds. The van der Waals surface area contributed by atoms with Crippen molar-refractivity contribution in [2.75, 3.05) is 0 Å². The highest BCUT2D eigenvalue weighted by molar-refractivity contribution is 5.60. The van der Waals surface area contributed by atoms with E-state index in [4.69, 9.17) is 9.15 Å². The summed E-state index contributed by atoms with van der Waals surface area (Å²) in [5, 5.41) is 8.77. The van der Waals surface area contributed by atoms with Crippen molar-refractivity contribution in [3.8, 4) is 23.0 Å². The first-order valence-electron chi connectivity index (χ1n) is 11.1. The summed E-state index contributed by atoms with van der Waals surface area (Å²) in [7, 11) is 0. The van der Waals surface area contributed by atoms with Crippen molar-refractivity contribution in [3.05, 3.63) is 77.1 Å². The van der Waals surface area contributed by atoms with E-state index in [1.165, 1.54) is 11.1 Å². The molecule has 166 valence electrons. The van der Waals surface area contributed by atoms with Crippen molar-refractivity contribution in [2.24, 2.45) is 5.92 Å². The van der Waals surface area contributed by atoms with Gasteiger partial charge in [0.1, 0.15) is 5.82 Å². The van der Waals surface area contributed by atoms with Crippen LogP contribution >= 0.6 is 0 Å². The lowest BCUT2D eigenvalue weighted by molar-refractivity contribution is 0.240. The summed E-state index contributed by atoms with van der Waals surface area (Å²) in [6, 6.07) is 14.9. The lowest BCUT2D eigenvalue weighted by atomic mass is 10.1. The molecule has 0 aliphatic rings. The summed E-state index contributed by atoms with van der Waals surface area (Å²) in [6.07, 6.45) is 3.60. The zero-order chi connectivity index (χ0) is 22.7. The van der Waals surface area contributed by atoms with Crippen LogP contribution in [0.2, 0.25) is 0 Å². The molecule has 0 saturated heterocycles. The average molecular weight is 431 g/mol. The first-order chi connectivity index (χ1) is 15.4. The number of benzene rings is 2. The number of aryl methyl sites for hydroxylation is 4. The standard InChI is InChI=1S/C26H30N4O2/c1-17(2)10-13-24-28-29-26(30(24)21-12-11-18(3)20(5)14-21)31-16-25-27-15-23(32-25)22-9-7-6-8-19(22)4/h6-9,11-12,14-15,17H,10,13,16H2,1-5H3. The fourth-order valence-electron chi connectivity index (χ4n) is 3.57. The van der Waals surface area contributed by atoms with Crippen molar-refractivity contribution in [3.63, 3.8) is 0 Å². The van der Waals surface area contributed by atoms with E-state index < -0.39 is 0 Å². The summed E-state index contributed by atoms with van der Waals surface area (Å²) in [6.45, 7) is 10.9. The SMILES string of the molecule is Cc1ccc(-n2c(CCC(C)C)nnc2OCc2ncc(-c3ccccc3C)o2)cc1C. The predicted octanol–water partition coefficient (Wildman–Crippen LogP) is 6.02. The second-order valence-electron chi connectivity index (χ2n) is 8.66. The van der Waals surface area contributed by atoms with E-state index in [-0.39, 0.29) is 6.61 Å². The van der Waals surface area contributed by atoms with Gasteiger partial charge in [0.15, 0.2) is 12.4 Å². The van der Waals surface area contributed by atoms with Gasteiger partial charge in [0.2, 0.25) is 5.89 Å². The van der Waals surface area contributed by atoms with Crippen LogP contribution in [-0.2, 0) is 13.0 Å². The van der Waals surface area contributed by atoms with E-state index in [1.54, 1.807) is 6.20 Å². The number of hydrogen-bond donors (Lipinski definition) is 0. The summed E-state index contributed by atoms with van der Waals surface area (Å²) < 4.78 is 14.0. The third kappa shape index (κ3) is 4.74. The lowest BCUT2D eigenvalue weighted by Gasteiger charge is -2.12. The zero-order valence-electron chi connectivity index (χ0n) is 19.4. The Bertz CT molecular complexity index is 1210. The van der Waals surface area contributed by atoms with Crippen molar-refractivity contribution in [1.29, 1.82) is 0 Å². The van der Waals surface area contributed by atoms with Gasteiger partial charge in [0.05, 0.1) is 11.9 Å². The Morgan fingerprint density at radius 1 is 0.969 bits per heavy atom. The molecule has 0 unspecified atom stereocenters. The molecule has 6 nitrogen and oxygen atoms in total. The highest BCUT2D eigenvalue weighted by atomic mass is 16.5. The summed E-state index contributed by atoms with van der Waals surface area (Å²) in [5.41, 5.74) is 5.63. The van der Waals surface area contributed by atoms with E-state index in [0.717, 1.165) is 41.2 Å². The molecule has 0 bridgehead atoms. The first-order valence-corrected chi connectivity index (χ1v) is 11.1. The Hall–Kier alpha value is -3.41. The largest absolute Gasteiger partial charge is 0.453 e. The van der Waals surface area contributed by atoms with Crippen molar-refractivity contribution < 1.29 is 9.15 Å². The molecule has 4 rings (SSSR count). The molecule has 2 aromatic heterocycles. The molecule has 4 aromatic rings. The van der Waals surface area contributed by atoms with Gasteiger partial charge in [-0.05, 0) is 61.9 Å². The number of aromatic nitrogens is 4. The van der Waals surface area contributed by atoms with Crippen LogP contribution in [0.4, 0.5) is 0 Å². The molecule has 0 aliphatic heterocycles. The molecular weight excluding hydrogens is 400 g/mol. The molecule has 0 fully saturated rings. The molecule has 2 aromatic carbocycles. The van der Waals surface area contributed by atoms with Crippen LogP contribution in [0.5, 0.6) is 6.01 Å². The molecule has 0 atom stereocenters. The molecule has 0 aliphatic carbocycles. The number of oxazole rings is 1. The molecule has 0 N–H and O–H groups in total. The van der Waals surface area contributed by atoms with Gasteiger partial charge in [-0.1, -0.05) is 49.3 Å². The van der Waals surface area contributed by atoms with Gasteiger partial charge >= 0.3 is 6.01 Å². The Morgan fingerprint density at radius 3 is 2.53 bits per heavy atom. The van der Waals surface area contributed by atoms with E-state index >= 15 is 0 Å². The highest BCUT2D eigenvalue weighted by Crippen LogP contribution is 2.26. The average Bonchev–Trinajstić information content (AvgIpc) is 3.40. The molecule has 0 spiro atoms. The smallest absolute Gasteiger partial charge is 0.322 e. The quantitative estimate of drug-likeness (QED) is 0.342. The van der Waals surface area contributed by atoms with Crippen molar-refractivity contribution in [2.45, 2.75) is 54.1 Å². The second kappa shape index (κ2) is 9.39. The van der Waals surface area contributed by atoms with Gasteiger partial charge in [0, 0.05) is 12.0 Å². The van der Waals surface area contributed by atoms with Gasteiger partial charge in [-0.15, -0.1) is 5.10 Å². The Morgan fingerprint density at radius 2 is 1.78 bits per heavy atom. The number of rotatable bonds is 8. The van der Waals surface area contributed by atoms with Crippen LogP contribution in [0.25, 0.3) is 17.0 Å². The van der Waals surface area contributed by atoms with Crippen molar-refractivity contribution in [1.82, 2.24) is 19.7 Å². The van der Waals surface area contributed by atoms with Crippen LogP contribution < -0.4 is 4.74 Å². The van der Waals surface area contributed by atoms with E-state index in [0.29, 0.717) is 17.8 Å². The van der Waals surface area contributed by atoms with E-state index in [9.17, 15) is 0 Å². The maximum absolute atomic E-state index is 6.05. The zero-order valence-corrected chi connectivity index (χ0v) is 19.4. The summed E-state index contributed by atoms with van der Waals surface area (Å²) in [5.74, 6) is 2.71. The fourth-order valence-corrected chi connectivity index (χ4v) is 3.57. The maximum Gasteiger partial charge on any atom is 0.322 e. The first kappa shape index (κ1) is 21.8. The Labute approximate surface area is 189 Å². The summed E-state index contributed by atoms with van der Waals surface area (Å²) in [4.78, 5) is 4.39. The van der Waals surface area contributed by atoms with E-state index in [2.05, 4.69) is 74.1 Å². The van der Waals surface area contributed by atoms with Gasteiger partial charge in [-0.25, -0.2) is 9.55 Å². The normalized spacial score (nSPS) is 11.3. The van der Waals surface area contributed by atoms with Crippen LogP contribution in [0.15, 0.2) is 53.1 Å². The minimum Gasteiger partial charge on any atom is -0.453 e. The van der Waals surface area contributed by atoms with Crippen LogP contribution in [0, 0.1) is 26.7 Å². The Balaban J connectivity index is 1.58. The maximum atomic E-state index is 6.05. The molecule has 32 heavy (non-hydrogen) atoms. The van der Waals surface area contributed by atoms with Crippen LogP contribution in [-0.4, -0.2) is 19.7 Å². The summed E-state index contributed by atoms with van der Waals surface area (Å²) >= 11 is 0. The molecule has 2 heterocycles. The fraction of sp³-hybridized carbons (Fsp3) is 0.346. The highest BCUT2D eigenvalue weighted by Gasteiger charge is 2.17. The molecular formula is C26H30N4O2. The minimum absolute atomic E-state index is 0.180. The van der Waals surface area contributed by atoms with Gasteiger partial charge < -0.3 is 9.15 Å². The van der Waals surface area contributed by atoms with Gasteiger partial charge in [-0.3, -0.25) is 0 Å². The lowest BCUT2D eigenvalue weighted by Crippen LogP contribution is -2.07. The third-order valence-corrected chi connectivity index (χ3v) is 5.68. The second-order valence-corrected chi connectivity index (χ2v) is 8.66. The number of ether oxygens (including phenoxy) is 1. The number of hydrogen-bond acceptors (Lipinski definition) is 5. The van der Waals surface area contributed by atoms with Gasteiger partial charge in [-0.2, -0.15) is 0 Å². The third-order valence-electron chi connectivity index (χ3n) is 5.68. The van der Waals surface area contributed by atoms with E-state index in [1.807, 2.05) is 22.8 Å². The topological polar surface area (TPSA) is 66.0 Å². The van der Waals surface area contributed by atoms with Gasteiger partial charge in [0.25, 0.3) is 0 Å². The predicted molar refractivity (Wildman–Crippen MR) is 125 cm³/mol. The van der Waals surface area contributed by atoms with Crippen LogP contribution in [0.3, 0.4) is 0 Å². The molecule has 6 heteroatoms. The van der Waals surface area contributed by atoms with Crippen molar-refractivity contribution >= 4 is 0 Å². The molecule has 0 radical (unpaired) electrons. The van der Waals surface area contributed by atoms with Crippen LogP contribution in [0.1, 0.15) is 48.7 Å². The monoisotopic (exact) mass is 430 g/mol. The number of nitrogens with zero attached hydrogens (tertiary/aromatic N) is 4.